The number of allylic oxidation sites excluding steroid dienone is 7. The lowest BCUT2D eigenvalue weighted by atomic mass is 9.97. The van der Waals surface area contributed by atoms with Crippen LogP contribution in [0.25, 0.3) is 0 Å². The average molecular weight is 1050 g/mol. The maximum atomic E-state index is 13.2. The summed E-state index contributed by atoms with van der Waals surface area (Å²) in [5.41, 5.74) is 0. The van der Waals surface area contributed by atoms with Crippen molar-refractivity contribution >= 4 is 5.91 Å². The van der Waals surface area contributed by atoms with Crippen molar-refractivity contribution in [1.29, 1.82) is 0 Å². The molecule has 1 amide bonds. The molecular weight excluding hydrogens is 943 g/mol. The summed E-state index contributed by atoms with van der Waals surface area (Å²) >= 11 is 0. The van der Waals surface area contributed by atoms with Gasteiger partial charge in [0.15, 0.2) is 12.6 Å². The molecule has 12 unspecified atom stereocenters. The van der Waals surface area contributed by atoms with E-state index in [-0.39, 0.29) is 18.9 Å². The first kappa shape index (κ1) is 68.1. The first-order valence-electron chi connectivity index (χ1n) is 29.9. The normalized spacial score (nSPS) is 25.5. The number of hydrogen-bond donors (Lipinski definition) is 9. The van der Waals surface area contributed by atoms with Crippen molar-refractivity contribution in [3.63, 3.8) is 0 Å². The summed E-state index contributed by atoms with van der Waals surface area (Å²) in [4.78, 5) is 13.2. The highest BCUT2D eigenvalue weighted by Gasteiger charge is 2.51. The molecule has 0 bridgehead atoms. The van der Waals surface area contributed by atoms with Crippen LogP contribution in [0.5, 0.6) is 0 Å². The Balaban J connectivity index is 1.79. The number of rotatable bonds is 47. The molecule has 14 heteroatoms. The molecule has 0 saturated carbocycles. The molecule has 0 aromatic carbocycles. The van der Waals surface area contributed by atoms with Gasteiger partial charge in [0.2, 0.25) is 5.91 Å². The van der Waals surface area contributed by atoms with Gasteiger partial charge in [0.05, 0.1) is 32.0 Å². The molecule has 0 aliphatic carbocycles. The number of amides is 1. The number of ether oxygens (including phenoxy) is 4. The smallest absolute Gasteiger partial charge is 0.220 e. The summed E-state index contributed by atoms with van der Waals surface area (Å²) in [6.07, 6.45) is 40.0. The second kappa shape index (κ2) is 45.9. The van der Waals surface area contributed by atoms with Gasteiger partial charge in [-0.1, -0.05) is 210 Å². The van der Waals surface area contributed by atoms with Crippen molar-refractivity contribution < 1.29 is 64.6 Å². The highest BCUT2D eigenvalue weighted by Crippen LogP contribution is 2.30. The van der Waals surface area contributed by atoms with Gasteiger partial charge in [-0.25, -0.2) is 0 Å². The molecule has 14 nitrogen and oxygen atoms in total. The van der Waals surface area contributed by atoms with Gasteiger partial charge in [-0.15, -0.1) is 0 Å². The molecule has 0 radical (unpaired) electrons. The van der Waals surface area contributed by atoms with E-state index in [0.29, 0.717) is 12.8 Å². The van der Waals surface area contributed by atoms with Gasteiger partial charge in [-0.3, -0.25) is 4.79 Å². The molecule has 2 saturated heterocycles. The Hall–Kier alpha value is -2.05. The fraction of sp³-hybridized carbons (Fsp3) is 0.850. The molecule has 74 heavy (non-hydrogen) atoms. The maximum absolute atomic E-state index is 13.2. The number of carbonyl (C=O) groups is 1. The van der Waals surface area contributed by atoms with Crippen LogP contribution in [0.2, 0.25) is 0 Å². The largest absolute Gasteiger partial charge is 0.394 e. The third-order valence-electron chi connectivity index (χ3n) is 14.5. The third-order valence-corrected chi connectivity index (χ3v) is 14.5. The number of nitrogens with one attached hydrogen (secondary N) is 1. The fourth-order valence-electron chi connectivity index (χ4n) is 9.63. The van der Waals surface area contributed by atoms with Gasteiger partial charge in [0.1, 0.15) is 48.8 Å². The Morgan fingerprint density at radius 2 is 0.905 bits per heavy atom. The number of aliphatic hydroxyl groups is 8. The van der Waals surface area contributed by atoms with Gasteiger partial charge < -0.3 is 65.1 Å². The summed E-state index contributed by atoms with van der Waals surface area (Å²) in [6.45, 7) is 2.77. The predicted octanol–water partition coefficient (Wildman–Crippen LogP) is 10.0. The van der Waals surface area contributed by atoms with Gasteiger partial charge in [0, 0.05) is 6.42 Å². The van der Waals surface area contributed by atoms with Crippen molar-refractivity contribution in [2.45, 2.75) is 306 Å². The van der Waals surface area contributed by atoms with E-state index >= 15 is 0 Å². The Bertz CT molecular complexity index is 1430. The highest BCUT2D eigenvalue weighted by atomic mass is 16.7. The van der Waals surface area contributed by atoms with Crippen LogP contribution in [0.3, 0.4) is 0 Å². The third kappa shape index (κ3) is 31.4. The minimum atomic E-state index is -1.79. The van der Waals surface area contributed by atoms with Crippen LogP contribution in [0, 0.1) is 0 Å². The second-order valence-electron chi connectivity index (χ2n) is 21.1. The zero-order chi connectivity index (χ0) is 53.9. The zero-order valence-electron chi connectivity index (χ0n) is 46.3. The fourth-order valence-corrected chi connectivity index (χ4v) is 9.63. The highest BCUT2D eigenvalue weighted by molar-refractivity contribution is 5.76. The van der Waals surface area contributed by atoms with E-state index in [0.717, 1.165) is 51.4 Å². The van der Waals surface area contributed by atoms with E-state index < -0.39 is 86.8 Å². The number of unbranched alkanes of at least 4 members (excludes halogenated alkanes) is 28. The number of carbonyl (C=O) groups excluding carboxylic acids is 1. The Labute approximate surface area is 448 Å². The molecule has 9 N–H and O–H groups in total. The van der Waals surface area contributed by atoms with Gasteiger partial charge >= 0.3 is 0 Å². The molecule has 12 atom stereocenters. The summed E-state index contributed by atoms with van der Waals surface area (Å²) in [7, 11) is 0. The lowest BCUT2D eigenvalue weighted by Gasteiger charge is -2.46. The SMILES string of the molecule is CCCCCC/C=C\C/C=C\CCCCCCCCCC(=O)NC(COC1OC(CO)C(OC2OC(CO)C(O)C(O)C2O)C(O)C1O)C(O)/C=C/CC/C=C/CCCCCCCCCCCCCCCCCC. The van der Waals surface area contributed by atoms with E-state index in [1.165, 1.54) is 148 Å². The van der Waals surface area contributed by atoms with Crippen LogP contribution >= 0.6 is 0 Å². The van der Waals surface area contributed by atoms with E-state index in [9.17, 15) is 45.6 Å². The molecule has 2 fully saturated rings. The van der Waals surface area contributed by atoms with Crippen molar-refractivity contribution in [3.05, 3.63) is 48.6 Å². The summed E-state index contributed by atoms with van der Waals surface area (Å²) in [6, 6.07) is -0.937. The monoisotopic (exact) mass is 1050 g/mol. The Morgan fingerprint density at radius 1 is 0.486 bits per heavy atom. The summed E-state index contributed by atoms with van der Waals surface area (Å²) in [5, 5.41) is 87.1. The zero-order valence-corrected chi connectivity index (χ0v) is 46.3. The Morgan fingerprint density at radius 3 is 1.42 bits per heavy atom. The lowest BCUT2D eigenvalue weighted by molar-refractivity contribution is -0.359. The van der Waals surface area contributed by atoms with Gasteiger partial charge in [-0.05, 0) is 64.2 Å². The first-order valence-corrected chi connectivity index (χ1v) is 29.9. The molecule has 2 heterocycles. The minimum absolute atomic E-state index is 0.257. The molecular formula is C60H109NO13. The second-order valence-corrected chi connectivity index (χ2v) is 21.1. The first-order chi connectivity index (χ1) is 36.1. The van der Waals surface area contributed by atoms with Crippen LogP contribution in [0.4, 0.5) is 0 Å². The van der Waals surface area contributed by atoms with Gasteiger partial charge in [0.25, 0.3) is 0 Å². The minimum Gasteiger partial charge on any atom is -0.394 e. The summed E-state index contributed by atoms with van der Waals surface area (Å²) in [5.74, 6) is -0.257. The van der Waals surface area contributed by atoms with Crippen molar-refractivity contribution in [2.24, 2.45) is 0 Å². The predicted molar refractivity (Wildman–Crippen MR) is 295 cm³/mol. The standard InChI is InChI=1S/C60H109NO13/c1-3-5-7-9-11-13-15-17-19-21-23-24-25-26-27-29-31-33-35-37-39-41-43-49(64)48(61-52(65)44-42-40-38-36-34-32-30-28-22-20-18-16-14-12-10-8-6-4-2)47-71-59-57(70)55(68)58(51(46-63)73-59)74-60-56(69)54(67)53(66)50(45-62)72-60/h14,16,20,22,33,35,41,43,48-51,53-60,62-64,66-70H,3-13,15,17-19,21,23-32,34,36-40,42,44-47H2,1-2H3,(H,61,65)/b16-14-,22-20-,35-33+,43-41+. The Kier molecular flexibility index (Phi) is 42.2. The molecule has 432 valence electrons. The number of hydrogen-bond acceptors (Lipinski definition) is 13. The van der Waals surface area contributed by atoms with Crippen LogP contribution < -0.4 is 5.32 Å². The van der Waals surface area contributed by atoms with Gasteiger partial charge in [-0.2, -0.15) is 0 Å². The molecule has 0 aromatic heterocycles. The average Bonchev–Trinajstić information content (AvgIpc) is 3.40. The lowest BCUT2D eigenvalue weighted by Crippen LogP contribution is -2.65. The van der Waals surface area contributed by atoms with Crippen molar-refractivity contribution in [2.75, 3.05) is 19.8 Å². The van der Waals surface area contributed by atoms with E-state index in [1.54, 1.807) is 6.08 Å². The molecule has 2 aliphatic rings. The molecule has 0 spiro atoms. The molecule has 2 aliphatic heterocycles. The summed E-state index contributed by atoms with van der Waals surface area (Å²) < 4.78 is 22.8. The van der Waals surface area contributed by atoms with Crippen LogP contribution in [0.15, 0.2) is 48.6 Å². The van der Waals surface area contributed by atoms with E-state index in [4.69, 9.17) is 18.9 Å². The van der Waals surface area contributed by atoms with Crippen molar-refractivity contribution in [3.8, 4) is 0 Å². The van der Waals surface area contributed by atoms with Crippen LogP contribution in [-0.2, 0) is 23.7 Å². The molecule has 2 rings (SSSR count). The topological polar surface area (TPSA) is 228 Å². The maximum Gasteiger partial charge on any atom is 0.220 e. The van der Waals surface area contributed by atoms with Crippen molar-refractivity contribution in [1.82, 2.24) is 5.32 Å². The van der Waals surface area contributed by atoms with E-state index in [2.05, 4.69) is 55.6 Å². The molecule has 0 aromatic rings. The van der Waals surface area contributed by atoms with Crippen LogP contribution in [0.1, 0.15) is 232 Å². The quantitative estimate of drug-likeness (QED) is 0.0205. The van der Waals surface area contributed by atoms with E-state index in [1.807, 2.05) is 6.08 Å². The number of aliphatic hydroxyl groups excluding tert-OH is 8. The van der Waals surface area contributed by atoms with Crippen LogP contribution in [-0.4, -0.2) is 140 Å².